The van der Waals surface area contributed by atoms with E-state index in [1.165, 1.54) is 22.6 Å². The van der Waals surface area contributed by atoms with Crippen molar-refractivity contribution in [2.45, 2.75) is 18.2 Å². The topological polar surface area (TPSA) is 67.5 Å². The van der Waals surface area contributed by atoms with E-state index in [4.69, 9.17) is 5.50 Å². The zero-order chi connectivity index (χ0) is 13.4. The maximum Gasteiger partial charge on any atom is 0.288 e. The van der Waals surface area contributed by atoms with E-state index in [1.54, 1.807) is 11.8 Å². The molecule has 0 aromatic heterocycles. The number of aliphatic imine (C=N–C) groups is 1. The first kappa shape index (κ1) is 15.6. The van der Waals surface area contributed by atoms with Crippen LogP contribution in [0.25, 0.3) is 0 Å². The van der Waals surface area contributed by atoms with Crippen LogP contribution in [0.15, 0.2) is 34.2 Å². The van der Waals surface area contributed by atoms with Crippen molar-refractivity contribution in [3.8, 4) is 0 Å². The van der Waals surface area contributed by atoms with Gasteiger partial charge in [0.05, 0.1) is 12.0 Å². The van der Waals surface area contributed by atoms with Gasteiger partial charge in [0.25, 0.3) is 6.65 Å². The maximum atomic E-state index is 11.8. The van der Waals surface area contributed by atoms with E-state index in [0.717, 1.165) is 17.9 Å². The Hall–Kier alpha value is -0.420. The minimum absolute atomic E-state index is 0.775. The third kappa shape index (κ3) is 5.96. The normalized spacial score (nSPS) is 14.6. The van der Waals surface area contributed by atoms with Crippen LogP contribution in [0.3, 0.4) is 0 Å². The third-order valence-electron chi connectivity index (χ3n) is 2.01. The zero-order valence-electron chi connectivity index (χ0n) is 10.5. The van der Waals surface area contributed by atoms with E-state index in [2.05, 4.69) is 10.1 Å². The molecule has 1 aromatic carbocycles. The molecule has 100 valence electrons. The summed E-state index contributed by atoms with van der Waals surface area (Å²) < 4.78 is 11.8. The summed E-state index contributed by atoms with van der Waals surface area (Å²) in [4.78, 5) is 5.35. The Morgan fingerprint density at radius 1 is 1.44 bits per heavy atom. The molecule has 3 N–H and O–H groups in total. The highest BCUT2D eigenvalue weighted by molar-refractivity contribution is 8.56. The van der Waals surface area contributed by atoms with Gasteiger partial charge in [-0.15, -0.1) is 11.8 Å². The second-order valence-corrected chi connectivity index (χ2v) is 8.92. The van der Waals surface area contributed by atoms with Crippen molar-refractivity contribution in [1.29, 1.82) is 0 Å². The molecular formula is C11H18N3OPS2. The molecule has 7 heteroatoms. The minimum Gasteiger partial charge on any atom is -0.307 e. The van der Waals surface area contributed by atoms with Gasteiger partial charge >= 0.3 is 0 Å². The summed E-state index contributed by atoms with van der Waals surface area (Å²) in [6, 6.07) is 7.80. The zero-order valence-corrected chi connectivity index (χ0v) is 13.0. The number of benzene rings is 1. The Morgan fingerprint density at radius 2 is 2.11 bits per heavy atom. The van der Waals surface area contributed by atoms with Crippen LogP contribution in [0.4, 0.5) is 5.69 Å². The lowest BCUT2D eigenvalue weighted by atomic mass is 10.3. The Bertz CT molecular complexity index is 436. The van der Waals surface area contributed by atoms with Crippen LogP contribution in [0.2, 0.25) is 0 Å². The maximum absolute atomic E-state index is 11.8. The van der Waals surface area contributed by atoms with Crippen LogP contribution < -0.4 is 10.6 Å². The van der Waals surface area contributed by atoms with Gasteiger partial charge in [-0.3, -0.25) is 10.1 Å². The number of rotatable bonds is 7. The molecule has 0 fully saturated rings. The summed E-state index contributed by atoms with van der Waals surface area (Å²) >= 11 is 2.93. The van der Waals surface area contributed by atoms with Gasteiger partial charge in [0.1, 0.15) is 0 Å². The first-order valence-electron chi connectivity index (χ1n) is 5.55. The molecule has 0 aliphatic heterocycles. The molecular weight excluding hydrogens is 285 g/mol. The van der Waals surface area contributed by atoms with Crippen molar-refractivity contribution in [3.05, 3.63) is 24.3 Å². The predicted molar refractivity (Wildman–Crippen MR) is 84.1 cm³/mol. The molecule has 1 aromatic rings. The summed E-state index contributed by atoms with van der Waals surface area (Å²) in [5.41, 5.74) is 6.43. The predicted octanol–water partition coefficient (Wildman–Crippen LogP) is 3.87. The summed E-state index contributed by atoms with van der Waals surface area (Å²) in [7, 11) is 0. The summed E-state index contributed by atoms with van der Waals surface area (Å²) in [6.45, 7) is -0.826. The fraction of sp³-hybridized carbons (Fsp3) is 0.364. The van der Waals surface area contributed by atoms with Crippen LogP contribution in [-0.2, 0) is 4.57 Å². The Morgan fingerprint density at radius 3 is 2.67 bits per heavy atom. The smallest absolute Gasteiger partial charge is 0.288 e. The first-order valence-corrected chi connectivity index (χ1v) is 10.1. The van der Waals surface area contributed by atoms with Crippen molar-refractivity contribution in [2.24, 2.45) is 10.5 Å². The first-order chi connectivity index (χ1) is 8.57. The third-order valence-corrected chi connectivity index (χ3v) is 6.22. The molecule has 1 unspecified atom stereocenters. The molecule has 0 aliphatic rings. The van der Waals surface area contributed by atoms with Crippen LogP contribution in [0.1, 0.15) is 13.3 Å². The average Bonchev–Trinajstić information content (AvgIpc) is 2.37. The molecule has 0 aliphatic carbocycles. The number of hydrogen-bond donors (Lipinski definition) is 2. The fourth-order valence-electron chi connectivity index (χ4n) is 1.12. The lowest BCUT2D eigenvalue weighted by Crippen LogP contribution is -2.11. The van der Waals surface area contributed by atoms with Crippen molar-refractivity contribution in [3.63, 3.8) is 0 Å². The number of nitrogens with two attached hydrogens (primary N) is 1. The monoisotopic (exact) mass is 303 g/mol. The second kappa shape index (κ2) is 7.89. The largest absolute Gasteiger partial charge is 0.307 e. The van der Waals surface area contributed by atoms with Crippen LogP contribution in [0, 0.1) is 0 Å². The summed E-state index contributed by atoms with van der Waals surface area (Å²) in [5.74, 6) is 0.775. The number of nitrogens with zero attached hydrogens (tertiary/aromatic N) is 1. The molecule has 0 saturated heterocycles. The van der Waals surface area contributed by atoms with E-state index in [9.17, 15) is 4.57 Å². The Kier molecular flexibility index (Phi) is 6.86. The van der Waals surface area contributed by atoms with Crippen molar-refractivity contribution < 1.29 is 4.57 Å². The van der Waals surface area contributed by atoms with Crippen molar-refractivity contribution in [1.82, 2.24) is 5.09 Å². The molecule has 0 heterocycles. The van der Waals surface area contributed by atoms with Gasteiger partial charge in [-0.1, -0.05) is 18.3 Å². The Labute approximate surface area is 116 Å². The highest BCUT2D eigenvalue weighted by Gasteiger charge is 2.12. The van der Waals surface area contributed by atoms with Gasteiger partial charge < -0.3 is 5.09 Å². The summed E-state index contributed by atoms with van der Waals surface area (Å²) in [6.07, 6.45) is 4.38. The van der Waals surface area contributed by atoms with Crippen LogP contribution in [0.5, 0.6) is 0 Å². The standard InChI is InChI=1S/C11H18N3OPS2/c1-3-8-18-16(12,15)14-9-13-10-4-6-11(17-2)7-5-10/h4-7,9H,3,8H2,1-2H3,(H3,12,13,14,15). The minimum atomic E-state index is -2.85. The quantitative estimate of drug-likeness (QED) is 0.346. The second-order valence-electron chi connectivity index (χ2n) is 3.52. The van der Waals surface area contributed by atoms with Gasteiger partial charge in [-0.25, -0.2) is 4.99 Å². The lowest BCUT2D eigenvalue weighted by molar-refractivity contribution is 0.584. The SMILES string of the molecule is CCCSP(N)(=O)NC=Nc1ccc(SC)cc1. The van der Waals surface area contributed by atoms with Crippen LogP contribution in [-0.4, -0.2) is 18.3 Å². The van der Waals surface area contributed by atoms with Gasteiger partial charge in [-0.2, -0.15) is 0 Å². The van der Waals surface area contributed by atoms with Gasteiger partial charge in [0.15, 0.2) is 0 Å². The van der Waals surface area contributed by atoms with E-state index >= 15 is 0 Å². The molecule has 0 radical (unpaired) electrons. The molecule has 0 spiro atoms. The summed E-state index contributed by atoms with van der Waals surface area (Å²) in [5, 5.41) is 2.67. The molecule has 1 atom stereocenters. The molecule has 0 amide bonds. The van der Waals surface area contributed by atoms with E-state index in [-0.39, 0.29) is 0 Å². The van der Waals surface area contributed by atoms with E-state index < -0.39 is 6.65 Å². The van der Waals surface area contributed by atoms with Crippen molar-refractivity contribution in [2.75, 3.05) is 12.0 Å². The fourth-order valence-corrected chi connectivity index (χ4v) is 4.00. The van der Waals surface area contributed by atoms with E-state index in [0.29, 0.717) is 0 Å². The van der Waals surface area contributed by atoms with Gasteiger partial charge in [0, 0.05) is 10.6 Å². The molecule has 0 bridgehead atoms. The molecule has 18 heavy (non-hydrogen) atoms. The number of hydrogen-bond acceptors (Lipinski definition) is 4. The van der Waals surface area contributed by atoms with Crippen LogP contribution >= 0.6 is 29.8 Å². The Balaban J connectivity index is 2.51. The molecule has 4 nitrogen and oxygen atoms in total. The lowest BCUT2D eigenvalue weighted by Gasteiger charge is -2.10. The number of thioether (sulfide) groups is 1. The van der Waals surface area contributed by atoms with E-state index in [1.807, 2.05) is 37.4 Å². The molecule has 0 saturated carbocycles. The van der Waals surface area contributed by atoms with Gasteiger partial charge in [-0.05, 0) is 36.9 Å². The van der Waals surface area contributed by atoms with Crippen molar-refractivity contribution >= 4 is 41.8 Å². The molecule has 1 rings (SSSR count). The highest BCUT2D eigenvalue weighted by atomic mass is 32.7. The average molecular weight is 303 g/mol. The number of nitrogens with one attached hydrogen (secondary N) is 1. The highest BCUT2D eigenvalue weighted by Crippen LogP contribution is 2.46. The van der Waals surface area contributed by atoms with Gasteiger partial charge in [0.2, 0.25) is 0 Å².